The van der Waals surface area contributed by atoms with Gasteiger partial charge < -0.3 is 25.0 Å². The molecule has 0 spiro atoms. The zero-order chi connectivity index (χ0) is 30.0. The SMILES string of the molecule is Oc1cc(-c2ncc3c(N4C[C@H]5CC[C@@H](C4)N5)nc(OCC4(CN5CCCCC5)CC4)nc3c2F)c2c(Cl)c(F)ccc2c1. The number of fused-ring (bicyclic) bond motifs is 4. The van der Waals surface area contributed by atoms with E-state index in [1.54, 1.807) is 6.20 Å². The lowest BCUT2D eigenvalue weighted by Crippen LogP contribution is -2.51. The molecule has 2 bridgehead atoms. The van der Waals surface area contributed by atoms with Crippen molar-refractivity contribution in [3.63, 3.8) is 0 Å². The molecule has 230 valence electrons. The first-order valence-electron chi connectivity index (χ1n) is 15.7. The third-order valence-electron chi connectivity index (χ3n) is 9.88. The summed E-state index contributed by atoms with van der Waals surface area (Å²) in [7, 11) is 0. The molecule has 4 aliphatic rings. The van der Waals surface area contributed by atoms with Crippen LogP contribution in [0.25, 0.3) is 32.9 Å². The largest absolute Gasteiger partial charge is 0.508 e. The van der Waals surface area contributed by atoms with E-state index < -0.39 is 11.6 Å². The van der Waals surface area contributed by atoms with Crippen molar-refractivity contribution in [3.8, 4) is 23.0 Å². The zero-order valence-corrected chi connectivity index (χ0v) is 25.2. The van der Waals surface area contributed by atoms with E-state index in [-0.39, 0.29) is 44.4 Å². The number of pyridine rings is 1. The maximum Gasteiger partial charge on any atom is 0.319 e. The first kappa shape index (κ1) is 28.2. The molecule has 8 rings (SSSR count). The Labute approximate surface area is 259 Å². The molecule has 2 N–H and O–H groups in total. The van der Waals surface area contributed by atoms with Gasteiger partial charge in [-0.15, -0.1) is 0 Å². The van der Waals surface area contributed by atoms with Gasteiger partial charge in [0.05, 0.1) is 17.0 Å². The van der Waals surface area contributed by atoms with E-state index in [2.05, 4.69) is 25.1 Å². The molecule has 5 heterocycles. The molecule has 0 unspecified atom stereocenters. The number of phenolic OH excluding ortho intramolecular Hbond substituents is 1. The van der Waals surface area contributed by atoms with Crippen LogP contribution in [0.3, 0.4) is 0 Å². The van der Waals surface area contributed by atoms with Gasteiger partial charge in [-0.1, -0.05) is 24.1 Å². The number of nitrogens with zero attached hydrogens (tertiary/aromatic N) is 5. The second kappa shape index (κ2) is 10.9. The average molecular weight is 621 g/mol. The van der Waals surface area contributed by atoms with Gasteiger partial charge in [0, 0.05) is 54.3 Å². The highest BCUT2D eigenvalue weighted by Crippen LogP contribution is 2.47. The van der Waals surface area contributed by atoms with Crippen LogP contribution in [0, 0.1) is 17.0 Å². The number of benzene rings is 2. The predicted octanol–water partition coefficient (Wildman–Crippen LogP) is 6.07. The summed E-state index contributed by atoms with van der Waals surface area (Å²) in [5.41, 5.74) is 0.259. The molecule has 4 aromatic rings. The standard InChI is InChI=1S/C33H35ClF2N6O2/c34-27-25(35)7-4-19-12-22(43)13-23(26(19)27)29-28(36)30-24(14-37-29)31(42-15-20-5-6-21(16-42)38-20)40-32(39-30)44-18-33(8-9-33)17-41-10-2-1-3-11-41/h4,7,12-14,20-21,38,43H,1-3,5-6,8-11,15-18H2/t20-,21+. The molecule has 4 fully saturated rings. The molecule has 1 aliphatic carbocycles. The number of nitrogens with one attached hydrogen (secondary N) is 1. The Balaban J connectivity index is 1.21. The smallest absolute Gasteiger partial charge is 0.319 e. The average Bonchev–Trinajstić information content (AvgIpc) is 3.71. The Hall–Kier alpha value is -3.34. The van der Waals surface area contributed by atoms with Crippen LogP contribution >= 0.6 is 11.6 Å². The van der Waals surface area contributed by atoms with Crippen LogP contribution in [-0.4, -0.2) is 76.4 Å². The molecule has 2 atom stereocenters. The van der Waals surface area contributed by atoms with Gasteiger partial charge in [0.25, 0.3) is 0 Å². The minimum Gasteiger partial charge on any atom is -0.508 e. The van der Waals surface area contributed by atoms with E-state index in [0.29, 0.717) is 35.3 Å². The third-order valence-corrected chi connectivity index (χ3v) is 10.2. The van der Waals surface area contributed by atoms with Crippen LogP contribution in [0.4, 0.5) is 14.6 Å². The van der Waals surface area contributed by atoms with Gasteiger partial charge in [0.15, 0.2) is 5.82 Å². The maximum atomic E-state index is 16.7. The fourth-order valence-corrected chi connectivity index (χ4v) is 7.66. The van der Waals surface area contributed by atoms with E-state index in [9.17, 15) is 9.50 Å². The fraction of sp³-hybridized carbons (Fsp3) is 0.485. The van der Waals surface area contributed by atoms with Crippen LogP contribution < -0.4 is 15.0 Å². The van der Waals surface area contributed by atoms with E-state index in [1.165, 1.54) is 43.5 Å². The van der Waals surface area contributed by atoms with Gasteiger partial charge in [-0.2, -0.15) is 9.97 Å². The monoisotopic (exact) mass is 620 g/mol. The molecule has 0 radical (unpaired) electrons. The lowest BCUT2D eigenvalue weighted by atomic mass is 10.00. The molecular weight excluding hydrogens is 586 g/mol. The van der Waals surface area contributed by atoms with Crippen LogP contribution in [-0.2, 0) is 0 Å². The number of piperazine rings is 1. The van der Waals surface area contributed by atoms with E-state index in [0.717, 1.165) is 58.4 Å². The first-order valence-corrected chi connectivity index (χ1v) is 16.1. The van der Waals surface area contributed by atoms with Crippen LogP contribution in [0.2, 0.25) is 5.02 Å². The zero-order valence-electron chi connectivity index (χ0n) is 24.5. The number of aromatic hydroxyl groups is 1. The van der Waals surface area contributed by atoms with Crippen molar-refractivity contribution in [1.29, 1.82) is 0 Å². The highest BCUT2D eigenvalue weighted by molar-refractivity contribution is 6.37. The van der Waals surface area contributed by atoms with Crippen molar-refractivity contribution in [1.82, 2.24) is 25.2 Å². The van der Waals surface area contributed by atoms with E-state index >= 15 is 4.39 Å². The van der Waals surface area contributed by atoms with Crippen molar-refractivity contribution >= 4 is 39.1 Å². The second-order valence-corrected chi connectivity index (χ2v) is 13.5. The molecule has 44 heavy (non-hydrogen) atoms. The maximum absolute atomic E-state index is 16.7. The Morgan fingerprint density at radius 1 is 1.05 bits per heavy atom. The normalized spacial score (nSPS) is 23.0. The number of ether oxygens (including phenoxy) is 1. The predicted molar refractivity (Wildman–Crippen MR) is 166 cm³/mol. The summed E-state index contributed by atoms with van der Waals surface area (Å²) in [6.45, 7) is 5.23. The highest BCUT2D eigenvalue weighted by atomic mass is 35.5. The van der Waals surface area contributed by atoms with Gasteiger partial charge in [-0.3, -0.25) is 4.98 Å². The van der Waals surface area contributed by atoms with Crippen LogP contribution in [0.5, 0.6) is 11.8 Å². The summed E-state index contributed by atoms with van der Waals surface area (Å²) in [4.78, 5) is 18.7. The summed E-state index contributed by atoms with van der Waals surface area (Å²) in [5, 5.41) is 15.2. The quantitative estimate of drug-likeness (QED) is 0.258. The van der Waals surface area contributed by atoms with Gasteiger partial charge in [0.2, 0.25) is 0 Å². The lowest BCUT2D eigenvalue weighted by molar-refractivity contribution is 0.139. The van der Waals surface area contributed by atoms with Crippen molar-refractivity contribution in [2.45, 2.75) is 57.0 Å². The molecule has 3 aliphatic heterocycles. The van der Waals surface area contributed by atoms with Crippen molar-refractivity contribution < 1.29 is 18.6 Å². The number of phenols is 1. The summed E-state index contributed by atoms with van der Waals surface area (Å²) in [6.07, 6.45) is 9.70. The molecular formula is C33H35ClF2N6O2. The van der Waals surface area contributed by atoms with Crippen LogP contribution in [0.15, 0.2) is 30.5 Å². The Kier molecular flexibility index (Phi) is 6.99. The third kappa shape index (κ3) is 5.10. The Morgan fingerprint density at radius 3 is 2.57 bits per heavy atom. The number of hydrogen-bond donors (Lipinski definition) is 2. The number of rotatable bonds is 7. The Bertz CT molecular complexity index is 1750. The van der Waals surface area contributed by atoms with Gasteiger partial charge >= 0.3 is 6.01 Å². The van der Waals surface area contributed by atoms with Crippen molar-refractivity contribution in [2.75, 3.05) is 44.2 Å². The summed E-state index contributed by atoms with van der Waals surface area (Å²) in [5.74, 6) is -0.842. The van der Waals surface area contributed by atoms with Gasteiger partial charge in [-0.25, -0.2) is 8.78 Å². The number of anilines is 1. The lowest BCUT2D eigenvalue weighted by Gasteiger charge is -2.34. The number of aromatic nitrogens is 3. The molecule has 8 nitrogen and oxygen atoms in total. The highest BCUT2D eigenvalue weighted by Gasteiger charge is 2.45. The molecule has 11 heteroatoms. The second-order valence-electron chi connectivity index (χ2n) is 13.1. The van der Waals surface area contributed by atoms with Crippen molar-refractivity contribution in [2.24, 2.45) is 5.41 Å². The molecule has 3 saturated heterocycles. The van der Waals surface area contributed by atoms with E-state index in [1.807, 2.05) is 0 Å². The van der Waals surface area contributed by atoms with Gasteiger partial charge in [-0.05, 0) is 75.2 Å². The van der Waals surface area contributed by atoms with E-state index in [4.69, 9.17) is 21.3 Å². The molecule has 2 aromatic heterocycles. The summed E-state index contributed by atoms with van der Waals surface area (Å²) >= 11 is 6.38. The fourth-order valence-electron chi connectivity index (χ4n) is 7.39. The first-order chi connectivity index (χ1) is 21.4. The van der Waals surface area contributed by atoms with Crippen LogP contribution in [0.1, 0.15) is 44.9 Å². The minimum absolute atomic E-state index is 0.0748. The van der Waals surface area contributed by atoms with Crippen molar-refractivity contribution in [3.05, 3.63) is 47.1 Å². The number of piperidine rings is 1. The topological polar surface area (TPSA) is 86.6 Å². The summed E-state index contributed by atoms with van der Waals surface area (Å²) in [6, 6.07) is 6.37. The number of likely N-dealkylation sites (tertiary alicyclic amines) is 1. The van der Waals surface area contributed by atoms with Gasteiger partial charge in [0.1, 0.15) is 28.6 Å². The number of halogens is 3. The summed E-state index contributed by atoms with van der Waals surface area (Å²) < 4.78 is 37.5. The Morgan fingerprint density at radius 2 is 1.82 bits per heavy atom. The molecule has 1 saturated carbocycles. The molecule has 2 aromatic carbocycles. The number of hydrogen-bond acceptors (Lipinski definition) is 8. The minimum atomic E-state index is -0.698. The molecule has 0 amide bonds.